The Bertz CT molecular complexity index is 1220. The van der Waals surface area contributed by atoms with Crippen LogP contribution in [-0.4, -0.2) is 29.0 Å². The third-order valence-corrected chi connectivity index (χ3v) is 6.15. The van der Waals surface area contributed by atoms with Gasteiger partial charge in [-0.3, -0.25) is 0 Å². The minimum atomic E-state index is -0.660. The van der Waals surface area contributed by atoms with Gasteiger partial charge < -0.3 is 18.9 Å². The molecule has 1 fully saturated rings. The molecule has 0 radical (unpaired) electrons. The number of hydrogen-bond donors (Lipinski definition) is 0. The first-order valence-electron chi connectivity index (χ1n) is 10.5. The smallest absolute Gasteiger partial charge is 0.168 e. The number of nitrogens with zero attached hydrogens (tertiary/aromatic N) is 3. The minimum Gasteiger partial charge on any atom is -0.495 e. The number of halogens is 1. The van der Waals surface area contributed by atoms with Crippen molar-refractivity contribution >= 4 is 11.8 Å². The van der Waals surface area contributed by atoms with Crippen molar-refractivity contribution in [2.75, 3.05) is 13.7 Å². The Kier molecular flexibility index (Phi) is 4.96. The summed E-state index contributed by atoms with van der Waals surface area (Å²) in [6, 6.07) is 12.4. The molecule has 3 heterocycles. The number of allylic oxidation sites excluding steroid dienone is 1. The van der Waals surface area contributed by atoms with Crippen LogP contribution in [-0.2, 0) is 15.2 Å². The van der Waals surface area contributed by atoms with E-state index in [2.05, 4.69) is 10.1 Å². The molecule has 2 aromatic carbocycles. The van der Waals surface area contributed by atoms with Crippen LogP contribution in [0.3, 0.4) is 0 Å². The second-order valence-corrected chi connectivity index (χ2v) is 8.23. The topological polar surface area (TPSA) is 57.9 Å². The SMILES string of the molecule is COc1cc(/C=C2\OCCC3C2=NO[C@]3(C)c2ccc(F)cc2)ccc1-n1cnc(C)c1. The van der Waals surface area contributed by atoms with E-state index in [0.29, 0.717) is 12.4 Å². The van der Waals surface area contributed by atoms with Gasteiger partial charge in [0.1, 0.15) is 23.0 Å². The summed E-state index contributed by atoms with van der Waals surface area (Å²) in [7, 11) is 1.65. The number of rotatable bonds is 4. The van der Waals surface area contributed by atoms with E-state index < -0.39 is 5.60 Å². The summed E-state index contributed by atoms with van der Waals surface area (Å²) in [5.74, 6) is 1.15. The molecule has 1 saturated heterocycles. The Balaban J connectivity index is 1.45. The third-order valence-electron chi connectivity index (χ3n) is 6.15. The maximum absolute atomic E-state index is 13.4. The molecular formula is C25H24FN3O3. The van der Waals surface area contributed by atoms with Gasteiger partial charge in [0.15, 0.2) is 5.60 Å². The van der Waals surface area contributed by atoms with Crippen molar-refractivity contribution in [3.8, 4) is 11.4 Å². The zero-order valence-corrected chi connectivity index (χ0v) is 18.2. The van der Waals surface area contributed by atoms with Crippen molar-refractivity contribution < 1.29 is 18.7 Å². The lowest BCUT2D eigenvalue weighted by Gasteiger charge is -2.32. The van der Waals surface area contributed by atoms with E-state index in [1.807, 2.05) is 48.9 Å². The van der Waals surface area contributed by atoms with Crippen molar-refractivity contribution in [3.05, 3.63) is 83.4 Å². The van der Waals surface area contributed by atoms with Crippen LogP contribution in [0.4, 0.5) is 4.39 Å². The van der Waals surface area contributed by atoms with Crippen LogP contribution >= 0.6 is 0 Å². The number of imidazole rings is 1. The van der Waals surface area contributed by atoms with Crippen molar-refractivity contribution in [1.29, 1.82) is 0 Å². The monoisotopic (exact) mass is 433 g/mol. The van der Waals surface area contributed by atoms with Gasteiger partial charge in [-0.25, -0.2) is 9.37 Å². The standard InChI is InChI=1S/C25H24FN3O3/c1-16-14-29(15-27-16)21-9-4-17(12-22(21)30-3)13-23-24-20(10-11-31-23)25(2,32-28-24)18-5-7-19(26)8-6-18/h4-9,12-15,20H,10-11H2,1-3H3/b23-13-/t20?,25-/m1/s1. The van der Waals surface area contributed by atoms with E-state index in [1.165, 1.54) is 12.1 Å². The van der Waals surface area contributed by atoms with Gasteiger partial charge >= 0.3 is 0 Å². The summed E-state index contributed by atoms with van der Waals surface area (Å²) in [5.41, 5.74) is 3.77. The van der Waals surface area contributed by atoms with Crippen molar-refractivity contribution in [3.63, 3.8) is 0 Å². The number of aryl methyl sites for hydroxylation is 1. The summed E-state index contributed by atoms with van der Waals surface area (Å²) >= 11 is 0. The molecule has 0 spiro atoms. The predicted octanol–water partition coefficient (Wildman–Crippen LogP) is 5.01. The average Bonchev–Trinajstić information content (AvgIpc) is 3.39. The zero-order chi connectivity index (χ0) is 22.3. The maximum Gasteiger partial charge on any atom is 0.168 e. The van der Waals surface area contributed by atoms with Crippen molar-refractivity contribution in [2.45, 2.75) is 25.9 Å². The molecular weight excluding hydrogens is 409 g/mol. The molecule has 0 amide bonds. The first-order chi connectivity index (χ1) is 15.5. The Morgan fingerprint density at radius 3 is 2.75 bits per heavy atom. The molecule has 0 N–H and O–H groups in total. The minimum absolute atomic E-state index is 0.0167. The molecule has 2 atom stereocenters. The van der Waals surface area contributed by atoms with E-state index in [9.17, 15) is 4.39 Å². The fourth-order valence-electron chi connectivity index (χ4n) is 4.37. The molecule has 0 aliphatic carbocycles. The van der Waals surface area contributed by atoms with Crippen LogP contribution in [0.15, 0.2) is 65.9 Å². The van der Waals surface area contributed by atoms with Crippen LogP contribution in [0.25, 0.3) is 11.8 Å². The van der Waals surface area contributed by atoms with E-state index in [1.54, 1.807) is 25.6 Å². The van der Waals surface area contributed by atoms with Gasteiger partial charge in [0.05, 0.1) is 37.3 Å². The van der Waals surface area contributed by atoms with Gasteiger partial charge in [-0.1, -0.05) is 23.4 Å². The second-order valence-electron chi connectivity index (χ2n) is 8.23. The lowest BCUT2D eigenvalue weighted by molar-refractivity contribution is -0.0409. The third kappa shape index (κ3) is 3.43. The average molecular weight is 433 g/mol. The van der Waals surface area contributed by atoms with E-state index in [0.717, 1.165) is 40.4 Å². The summed E-state index contributed by atoms with van der Waals surface area (Å²) in [6.07, 6.45) is 6.44. The lowest BCUT2D eigenvalue weighted by Crippen LogP contribution is -2.37. The van der Waals surface area contributed by atoms with Gasteiger partial charge in [0.2, 0.25) is 0 Å². The number of benzene rings is 2. The van der Waals surface area contributed by atoms with E-state index in [4.69, 9.17) is 14.3 Å². The molecule has 5 rings (SSSR count). The first kappa shape index (κ1) is 20.3. The highest BCUT2D eigenvalue weighted by molar-refractivity contribution is 6.05. The normalized spacial score (nSPS) is 23.3. The van der Waals surface area contributed by atoms with Gasteiger partial charge in [-0.05, 0) is 61.7 Å². The highest BCUT2D eigenvalue weighted by Gasteiger charge is 2.49. The fraction of sp³-hybridized carbons (Fsp3) is 0.280. The Morgan fingerprint density at radius 2 is 2.03 bits per heavy atom. The quantitative estimate of drug-likeness (QED) is 0.581. The summed E-state index contributed by atoms with van der Waals surface area (Å²) in [5, 5.41) is 4.38. The Labute approximate surface area is 185 Å². The molecule has 0 bridgehead atoms. The van der Waals surface area contributed by atoms with Crippen LogP contribution in [0.1, 0.15) is 30.2 Å². The summed E-state index contributed by atoms with van der Waals surface area (Å²) < 4.78 is 26.9. The molecule has 2 aliphatic rings. The van der Waals surface area contributed by atoms with E-state index >= 15 is 0 Å². The maximum atomic E-state index is 13.4. The van der Waals surface area contributed by atoms with Crippen LogP contribution in [0.2, 0.25) is 0 Å². The molecule has 164 valence electrons. The number of hydrogen-bond acceptors (Lipinski definition) is 5. The summed E-state index contributed by atoms with van der Waals surface area (Å²) in [4.78, 5) is 10.2. The van der Waals surface area contributed by atoms with Gasteiger partial charge in [-0.15, -0.1) is 0 Å². The van der Waals surface area contributed by atoms with Crippen LogP contribution in [0, 0.1) is 18.7 Å². The predicted molar refractivity (Wildman–Crippen MR) is 119 cm³/mol. The highest BCUT2D eigenvalue weighted by atomic mass is 19.1. The first-order valence-corrected chi connectivity index (χ1v) is 10.5. The number of oxime groups is 1. The van der Waals surface area contributed by atoms with Crippen LogP contribution < -0.4 is 4.74 Å². The van der Waals surface area contributed by atoms with Crippen molar-refractivity contribution in [1.82, 2.24) is 9.55 Å². The molecule has 1 aromatic heterocycles. The Hall–Kier alpha value is -3.61. The molecule has 6 nitrogen and oxygen atoms in total. The van der Waals surface area contributed by atoms with E-state index in [-0.39, 0.29) is 11.7 Å². The van der Waals surface area contributed by atoms with Gasteiger partial charge in [-0.2, -0.15) is 0 Å². The molecule has 1 unspecified atom stereocenters. The number of methoxy groups -OCH3 is 1. The zero-order valence-electron chi connectivity index (χ0n) is 18.2. The van der Waals surface area contributed by atoms with Crippen LogP contribution in [0.5, 0.6) is 5.75 Å². The number of ether oxygens (including phenoxy) is 2. The fourth-order valence-corrected chi connectivity index (χ4v) is 4.37. The Morgan fingerprint density at radius 1 is 1.22 bits per heavy atom. The van der Waals surface area contributed by atoms with Crippen molar-refractivity contribution in [2.24, 2.45) is 11.1 Å². The molecule has 7 heteroatoms. The van der Waals surface area contributed by atoms with Gasteiger partial charge in [0, 0.05) is 6.20 Å². The highest BCUT2D eigenvalue weighted by Crippen LogP contribution is 2.45. The second kappa shape index (κ2) is 7.82. The molecule has 3 aromatic rings. The van der Waals surface area contributed by atoms with Gasteiger partial charge in [0.25, 0.3) is 0 Å². The summed E-state index contributed by atoms with van der Waals surface area (Å²) in [6.45, 7) is 4.50. The largest absolute Gasteiger partial charge is 0.495 e. The molecule has 32 heavy (non-hydrogen) atoms. The molecule has 0 saturated carbocycles. The lowest BCUT2D eigenvalue weighted by atomic mass is 9.77. The number of aromatic nitrogens is 2. The number of fused-ring (bicyclic) bond motifs is 1. The molecule has 2 aliphatic heterocycles.